The van der Waals surface area contributed by atoms with Crippen molar-refractivity contribution in [1.82, 2.24) is 15.8 Å². The maximum atomic E-state index is 12.6. The average Bonchev–Trinajstić information content (AvgIpc) is 3.16. The van der Waals surface area contributed by atoms with Crippen LogP contribution < -0.4 is 10.7 Å². The largest absolute Gasteiger partial charge is 0.379 e. The summed E-state index contributed by atoms with van der Waals surface area (Å²) < 4.78 is 5.27. The van der Waals surface area contributed by atoms with Crippen molar-refractivity contribution in [3.63, 3.8) is 0 Å². The molecule has 0 bridgehead atoms. The maximum Gasteiger partial charge on any atom is 0.282 e. The molecule has 0 radical (unpaired) electrons. The molecule has 25 heavy (non-hydrogen) atoms. The van der Waals surface area contributed by atoms with Gasteiger partial charge in [0.05, 0.1) is 13.2 Å². The van der Waals surface area contributed by atoms with Gasteiger partial charge in [-0.1, -0.05) is 24.3 Å². The Morgan fingerprint density at radius 2 is 1.84 bits per heavy atom. The third kappa shape index (κ3) is 4.99. The monoisotopic (exact) mass is 357 g/mol. The van der Waals surface area contributed by atoms with Crippen molar-refractivity contribution in [1.29, 1.82) is 0 Å². The first-order valence-corrected chi connectivity index (χ1v) is 8.85. The second-order valence-corrected chi connectivity index (χ2v) is 6.41. The molecule has 3 rings (SSSR count). The van der Waals surface area contributed by atoms with Crippen molar-refractivity contribution in [2.75, 3.05) is 26.3 Å². The third-order valence-electron chi connectivity index (χ3n) is 3.63. The number of hydrogen-bond donors (Lipinski definition) is 2. The highest BCUT2D eigenvalue weighted by molar-refractivity contribution is 7.10. The predicted molar refractivity (Wildman–Crippen MR) is 96.7 cm³/mol. The van der Waals surface area contributed by atoms with Crippen LogP contribution in [-0.2, 0) is 9.53 Å². The van der Waals surface area contributed by atoms with Gasteiger partial charge >= 0.3 is 0 Å². The number of nitrogens with zero attached hydrogens (tertiary/aromatic N) is 1. The Labute approximate surface area is 150 Å². The molecule has 0 aliphatic carbocycles. The Kier molecular flexibility index (Phi) is 5.95. The average molecular weight is 357 g/mol. The van der Waals surface area contributed by atoms with Crippen LogP contribution in [0.25, 0.3) is 6.08 Å². The lowest BCUT2D eigenvalue weighted by atomic mass is 10.2. The Hall–Kier alpha value is -2.48. The standard InChI is InChI=1S/C18H19N3O3S/c22-17(14-5-2-1-3-6-14)19-16(13-15-7-4-12-25-15)18(23)20-21-8-10-24-11-9-21/h1-7,12-13H,8-11H2,(H,19,22)(H,20,23)/b16-13-. The van der Waals surface area contributed by atoms with Gasteiger partial charge in [-0.15, -0.1) is 11.3 Å². The third-order valence-corrected chi connectivity index (χ3v) is 4.45. The summed E-state index contributed by atoms with van der Waals surface area (Å²) >= 11 is 1.50. The summed E-state index contributed by atoms with van der Waals surface area (Å²) in [6, 6.07) is 12.6. The number of amides is 2. The Morgan fingerprint density at radius 1 is 1.08 bits per heavy atom. The molecular formula is C18H19N3O3S. The Morgan fingerprint density at radius 3 is 2.52 bits per heavy atom. The van der Waals surface area contributed by atoms with Crippen LogP contribution >= 0.6 is 11.3 Å². The molecule has 6 nitrogen and oxygen atoms in total. The van der Waals surface area contributed by atoms with E-state index >= 15 is 0 Å². The fraction of sp³-hybridized carbons (Fsp3) is 0.222. The van der Waals surface area contributed by atoms with Gasteiger partial charge in [-0.3, -0.25) is 15.0 Å². The topological polar surface area (TPSA) is 70.7 Å². The molecule has 0 saturated carbocycles. The van der Waals surface area contributed by atoms with Gasteiger partial charge in [0.2, 0.25) is 0 Å². The second-order valence-electron chi connectivity index (χ2n) is 5.43. The molecule has 2 amide bonds. The van der Waals surface area contributed by atoms with Gasteiger partial charge in [-0.05, 0) is 29.7 Å². The minimum absolute atomic E-state index is 0.211. The van der Waals surface area contributed by atoms with Crippen molar-refractivity contribution < 1.29 is 14.3 Å². The van der Waals surface area contributed by atoms with E-state index in [0.29, 0.717) is 31.9 Å². The minimum atomic E-state index is -0.348. The van der Waals surface area contributed by atoms with Gasteiger partial charge in [0.1, 0.15) is 5.70 Å². The van der Waals surface area contributed by atoms with Crippen LogP contribution in [0.1, 0.15) is 15.2 Å². The molecule has 2 N–H and O–H groups in total. The number of morpholine rings is 1. The number of thiophene rings is 1. The van der Waals surface area contributed by atoms with Gasteiger partial charge in [0, 0.05) is 23.5 Å². The summed E-state index contributed by atoms with van der Waals surface area (Å²) in [5.41, 5.74) is 3.53. The molecule has 2 heterocycles. The number of ether oxygens (including phenoxy) is 1. The minimum Gasteiger partial charge on any atom is -0.379 e. The van der Waals surface area contributed by atoms with Crippen LogP contribution in [0.3, 0.4) is 0 Å². The van der Waals surface area contributed by atoms with Crippen LogP contribution in [0.5, 0.6) is 0 Å². The zero-order valence-corrected chi connectivity index (χ0v) is 14.4. The van der Waals surface area contributed by atoms with Crippen molar-refractivity contribution in [3.05, 3.63) is 64.0 Å². The molecule has 1 saturated heterocycles. The summed E-state index contributed by atoms with van der Waals surface area (Å²) in [5, 5.41) is 6.43. The van der Waals surface area contributed by atoms with Gasteiger partial charge in [-0.2, -0.15) is 0 Å². The molecule has 1 aliphatic rings. The lowest BCUT2D eigenvalue weighted by molar-refractivity contribution is -0.124. The lowest BCUT2D eigenvalue weighted by Crippen LogP contribution is -2.50. The van der Waals surface area contributed by atoms with Crippen LogP contribution in [0, 0.1) is 0 Å². The molecule has 0 atom stereocenters. The highest BCUT2D eigenvalue weighted by Gasteiger charge is 2.18. The molecule has 7 heteroatoms. The molecule has 1 aliphatic heterocycles. The van der Waals surface area contributed by atoms with Crippen molar-refractivity contribution in [3.8, 4) is 0 Å². The number of nitrogens with one attached hydrogen (secondary N) is 2. The molecule has 0 spiro atoms. The van der Waals surface area contributed by atoms with E-state index < -0.39 is 0 Å². The van der Waals surface area contributed by atoms with E-state index in [4.69, 9.17) is 4.74 Å². The Bertz CT molecular complexity index is 738. The zero-order valence-electron chi connectivity index (χ0n) is 13.6. The van der Waals surface area contributed by atoms with E-state index in [9.17, 15) is 9.59 Å². The van der Waals surface area contributed by atoms with Crippen molar-refractivity contribution >= 4 is 29.2 Å². The molecule has 0 unspecified atom stereocenters. The normalized spacial score (nSPS) is 15.6. The number of rotatable bonds is 5. The number of benzene rings is 1. The number of carbonyl (C=O) groups is 2. The molecule has 1 fully saturated rings. The van der Waals surface area contributed by atoms with E-state index in [1.165, 1.54) is 11.3 Å². The first-order valence-electron chi connectivity index (χ1n) is 7.97. The van der Waals surface area contributed by atoms with Gasteiger partial charge in [0.15, 0.2) is 0 Å². The van der Waals surface area contributed by atoms with Crippen molar-refractivity contribution in [2.45, 2.75) is 0 Å². The van der Waals surface area contributed by atoms with E-state index in [2.05, 4.69) is 10.7 Å². The van der Waals surface area contributed by atoms with Crippen LogP contribution in [0.2, 0.25) is 0 Å². The van der Waals surface area contributed by atoms with E-state index in [-0.39, 0.29) is 17.5 Å². The fourth-order valence-corrected chi connectivity index (χ4v) is 2.99. The summed E-state index contributed by atoms with van der Waals surface area (Å²) in [7, 11) is 0. The van der Waals surface area contributed by atoms with E-state index in [1.807, 2.05) is 23.6 Å². The number of carbonyl (C=O) groups excluding carboxylic acids is 2. The SMILES string of the molecule is O=C(NN1CCOCC1)/C(=C/c1cccs1)NC(=O)c1ccccc1. The predicted octanol–water partition coefficient (Wildman–Crippen LogP) is 1.88. The first kappa shape index (κ1) is 17.3. The first-order chi connectivity index (χ1) is 12.2. The number of hydrogen-bond acceptors (Lipinski definition) is 5. The summed E-state index contributed by atoms with van der Waals surface area (Å²) in [6.45, 7) is 2.37. The van der Waals surface area contributed by atoms with Gasteiger partial charge < -0.3 is 10.1 Å². The summed E-state index contributed by atoms with van der Waals surface area (Å²) in [5.74, 6) is -0.667. The van der Waals surface area contributed by atoms with E-state index in [0.717, 1.165) is 4.88 Å². The van der Waals surface area contributed by atoms with Crippen LogP contribution in [0.4, 0.5) is 0 Å². The van der Waals surface area contributed by atoms with Gasteiger partial charge in [0.25, 0.3) is 11.8 Å². The van der Waals surface area contributed by atoms with Crippen LogP contribution in [0.15, 0.2) is 53.5 Å². The summed E-state index contributed by atoms with van der Waals surface area (Å²) in [6.07, 6.45) is 1.68. The van der Waals surface area contributed by atoms with Crippen LogP contribution in [-0.4, -0.2) is 43.1 Å². The highest BCUT2D eigenvalue weighted by Crippen LogP contribution is 2.13. The molecular weight excluding hydrogens is 338 g/mol. The quantitative estimate of drug-likeness (QED) is 0.802. The van der Waals surface area contributed by atoms with Gasteiger partial charge in [-0.25, -0.2) is 5.01 Å². The lowest BCUT2D eigenvalue weighted by Gasteiger charge is -2.27. The maximum absolute atomic E-state index is 12.6. The zero-order chi connectivity index (χ0) is 17.5. The van der Waals surface area contributed by atoms with E-state index in [1.54, 1.807) is 35.4 Å². The highest BCUT2D eigenvalue weighted by atomic mass is 32.1. The number of hydrazine groups is 1. The summed E-state index contributed by atoms with van der Waals surface area (Å²) in [4.78, 5) is 25.9. The smallest absolute Gasteiger partial charge is 0.282 e. The Balaban J connectivity index is 1.75. The molecule has 1 aromatic heterocycles. The fourth-order valence-electron chi connectivity index (χ4n) is 2.34. The second kappa shape index (κ2) is 8.57. The molecule has 130 valence electrons. The van der Waals surface area contributed by atoms with Crippen molar-refractivity contribution in [2.24, 2.45) is 0 Å². The molecule has 1 aromatic carbocycles. The molecule has 2 aromatic rings.